The molecule has 0 heterocycles. The largest absolute Gasteiger partial charge is 0.495 e. The number of alkyl halides is 6. The minimum Gasteiger partial charge on any atom is -0.495 e. The lowest BCUT2D eigenvalue weighted by Gasteiger charge is -2.36. The summed E-state index contributed by atoms with van der Waals surface area (Å²) in [7, 11) is 0.955. The molecular formula is C21H26F6N2O7. The molecule has 0 spiro atoms. The third-order valence-corrected chi connectivity index (χ3v) is 4.73. The molecule has 1 rings (SSSR count). The highest BCUT2D eigenvalue weighted by atomic mass is 19.4. The van der Waals surface area contributed by atoms with Gasteiger partial charge in [-0.2, -0.15) is 26.3 Å². The van der Waals surface area contributed by atoms with Gasteiger partial charge in [0.1, 0.15) is 5.75 Å². The summed E-state index contributed by atoms with van der Waals surface area (Å²) in [5.41, 5.74) is -10.5. The zero-order chi connectivity index (χ0) is 27.9. The molecule has 1 aromatic rings. The Morgan fingerprint density at radius 2 is 1.47 bits per heavy atom. The lowest BCUT2D eigenvalue weighted by molar-refractivity contribution is -0.267. The number of esters is 2. The van der Waals surface area contributed by atoms with Crippen molar-refractivity contribution in [3.8, 4) is 5.75 Å². The van der Waals surface area contributed by atoms with E-state index in [1.54, 1.807) is 5.32 Å². The number of benzene rings is 1. The van der Waals surface area contributed by atoms with Crippen LogP contribution in [0.15, 0.2) is 18.2 Å². The summed E-state index contributed by atoms with van der Waals surface area (Å²) in [5, 5.41) is 13.5. The zero-order valence-corrected chi connectivity index (χ0v) is 19.7. The van der Waals surface area contributed by atoms with Gasteiger partial charge in [-0.05, 0) is 32.4 Å². The molecule has 0 aromatic heterocycles. The number of aliphatic hydroxyl groups is 1. The van der Waals surface area contributed by atoms with Gasteiger partial charge in [0, 0.05) is 12.0 Å². The van der Waals surface area contributed by atoms with Crippen molar-refractivity contribution < 1.29 is 60.0 Å². The highest BCUT2D eigenvalue weighted by molar-refractivity contribution is 5.92. The van der Waals surface area contributed by atoms with Gasteiger partial charge in [0.2, 0.25) is 5.91 Å². The van der Waals surface area contributed by atoms with Crippen molar-refractivity contribution in [2.45, 2.75) is 57.2 Å². The van der Waals surface area contributed by atoms with E-state index in [9.17, 15) is 45.8 Å². The number of rotatable bonds is 11. The molecule has 0 radical (unpaired) electrons. The lowest BCUT2D eigenvalue weighted by Crippen LogP contribution is -2.69. The standard InChI is InChI=1S/C21H26F6N2O7/c1-5-8-15(30)29-19(21(25,26)27,17(32)36-7-3)28-13-11-12(9-10-14(13)34-4)18(33,20(22,23)24)16(31)35-6-2/h9-11,28,33H,5-8H2,1-4H3,(H,29,30)/t18-,19+/m0/s1. The van der Waals surface area contributed by atoms with Gasteiger partial charge < -0.3 is 30.0 Å². The molecule has 0 aliphatic heterocycles. The van der Waals surface area contributed by atoms with E-state index in [1.165, 1.54) is 26.1 Å². The molecule has 3 N–H and O–H groups in total. The molecule has 0 saturated heterocycles. The van der Waals surface area contributed by atoms with Crippen molar-refractivity contribution in [2.75, 3.05) is 25.6 Å². The van der Waals surface area contributed by atoms with Crippen LogP contribution < -0.4 is 15.4 Å². The quantitative estimate of drug-likeness (QED) is 0.226. The molecule has 1 aromatic carbocycles. The smallest absolute Gasteiger partial charge is 0.441 e. The molecule has 0 aliphatic rings. The third-order valence-electron chi connectivity index (χ3n) is 4.73. The van der Waals surface area contributed by atoms with Crippen molar-refractivity contribution >= 4 is 23.5 Å². The average Bonchev–Trinajstić information content (AvgIpc) is 2.76. The van der Waals surface area contributed by atoms with Crippen LogP contribution in [0.5, 0.6) is 5.75 Å². The fourth-order valence-electron chi connectivity index (χ4n) is 2.99. The Hall–Kier alpha value is -3.23. The molecule has 0 aliphatic carbocycles. The fourth-order valence-corrected chi connectivity index (χ4v) is 2.99. The van der Waals surface area contributed by atoms with Gasteiger partial charge >= 0.3 is 30.0 Å². The summed E-state index contributed by atoms with van der Waals surface area (Å²) in [6.45, 7) is 2.74. The van der Waals surface area contributed by atoms with Crippen molar-refractivity contribution in [3.05, 3.63) is 23.8 Å². The number of amides is 1. The van der Waals surface area contributed by atoms with E-state index in [2.05, 4.69) is 9.47 Å². The van der Waals surface area contributed by atoms with Crippen LogP contribution in [-0.2, 0) is 29.5 Å². The van der Waals surface area contributed by atoms with Gasteiger partial charge in [-0.25, -0.2) is 9.59 Å². The molecule has 36 heavy (non-hydrogen) atoms. The van der Waals surface area contributed by atoms with Crippen LogP contribution in [0.2, 0.25) is 0 Å². The Labute approximate surface area is 202 Å². The second-order valence-corrected chi connectivity index (χ2v) is 7.24. The van der Waals surface area contributed by atoms with Crippen LogP contribution in [0.3, 0.4) is 0 Å². The number of hydrogen-bond donors (Lipinski definition) is 3. The summed E-state index contributed by atoms with van der Waals surface area (Å²) >= 11 is 0. The molecule has 1 amide bonds. The van der Waals surface area contributed by atoms with Crippen LogP contribution in [-0.4, -0.2) is 61.3 Å². The monoisotopic (exact) mass is 532 g/mol. The Morgan fingerprint density at radius 3 is 1.92 bits per heavy atom. The molecule has 9 nitrogen and oxygen atoms in total. The summed E-state index contributed by atoms with van der Waals surface area (Å²) < 4.78 is 97.9. The van der Waals surface area contributed by atoms with Crippen LogP contribution in [0.4, 0.5) is 32.0 Å². The van der Waals surface area contributed by atoms with Crippen molar-refractivity contribution in [1.82, 2.24) is 5.32 Å². The highest BCUT2D eigenvalue weighted by Crippen LogP contribution is 2.43. The Kier molecular flexibility index (Phi) is 9.98. The van der Waals surface area contributed by atoms with Crippen LogP contribution in [0, 0.1) is 0 Å². The first-order valence-electron chi connectivity index (χ1n) is 10.5. The van der Waals surface area contributed by atoms with E-state index in [-0.39, 0.29) is 6.42 Å². The van der Waals surface area contributed by atoms with Crippen LogP contribution in [0.25, 0.3) is 0 Å². The number of halogens is 6. The summed E-state index contributed by atoms with van der Waals surface area (Å²) in [5.74, 6) is -5.93. The zero-order valence-electron chi connectivity index (χ0n) is 19.7. The normalized spacial score (nSPS) is 15.2. The van der Waals surface area contributed by atoms with Crippen LogP contribution in [0.1, 0.15) is 39.2 Å². The number of carbonyl (C=O) groups is 3. The fraction of sp³-hybridized carbons (Fsp3) is 0.571. The van der Waals surface area contributed by atoms with Gasteiger partial charge in [0.05, 0.1) is 26.0 Å². The number of carbonyl (C=O) groups excluding carboxylic acids is 3. The molecule has 2 atom stereocenters. The first-order chi connectivity index (χ1) is 16.5. The van der Waals surface area contributed by atoms with Gasteiger partial charge in [-0.1, -0.05) is 13.0 Å². The number of methoxy groups -OCH3 is 1. The van der Waals surface area contributed by atoms with E-state index < -0.39 is 78.1 Å². The first kappa shape index (κ1) is 30.8. The molecule has 0 unspecified atom stereocenters. The third kappa shape index (κ3) is 6.12. The number of anilines is 1. The molecule has 0 fully saturated rings. The van der Waals surface area contributed by atoms with E-state index in [4.69, 9.17) is 4.74 Å². The minimum absolute atomic E-state index is 0.0968. The van der Waals surface area contributed by atoms with Crippen molar-refractivity contribution in [3.63, 3.8) is 0 Å². The molecule has 204 valence electrons. The summed E-state index contributed by atoms with van der Waals surface area (Å²) in [4.78, 5) is 36.7. The van der Waals surface area contributed by atoms with Crippen LogP contribution >= 0.6 is 0 Å². The van der Waals surface area contributed by atoms with E-state index >= 15 is 0 Å². The molecular weight excluding hydrogens is 506 g/mol. The lowest BCUT2D eigenvalue weighted by atomic mass is 9.92. The second-order valence-electron chi connectivity index (χ2n) is 7.24. The first-order valence-corrected chi connectivity index (χ1v) is 10.5. The SMILES string of the molecule is CCCC(=O)N[C@](Nc1cc([C@](O)(C(=O)OCC)C(F)(F)F)ccc1OC)(C(=O)OCC)C(F)(F)F. The number of nitrogens with one attached hydrogen (secondary N) is 2. The predicted molar refractivity (Wildman–Crippen MR) is 112 cm³/mol. The van der Waals surface area contributed by atoms with E-state index in [0.717, 1.165) is 7.11 Å². The second kappa shape index (κ2) is 11.7. The topological polar surface area (TPSA) is 123 Å². The van der Waals surface area contributed by atoms with Gasteiger partial charge in [-0.15, -0.1) is 0 Å². The maximum absolute atomic E-state index is 14.3. The summed E-state index contributed by atoms with van der Waals surface area (Å²) in [6, 6.07) is 1.60. The van der Waals surface area contributed by atoms with E-state index in [0.29, 0.717) is 18.2 Å². The van der Waals surface area contributed by atoms with Crippen molar-refractivity contribution in [2.24, 2.45) is 0 Å². The van der Waals surface area contributed by atoms with Gasteiger partial charge in [0.25, 0.3) is 5.60 Å². The molecule has 0 saturated carbocycles. The van der Waals surface area contributed by atoms with E-state index in [1.807, 2.05) is 0 Å². The van der Waals surface area contributed by atoms with Gasteiger partial charge in [-0.3, -0.25) is 4.79 Å². The average molecular weight is 532 g/mol. The van der Waals surface area contributed by atoms with Gasteiger partial charge in [0.15, 0.2) is 0 Å². The minimum atomic E-state index is -5.66. The Morgan fingerprint density at radius 1 is 0.917 bits per heavy atom. The number of hydrogen-bond acceptors (Lipinski definition) is 8. The van der Waals surface area contributed by atoms with Crippen molar-refractivity contribution in [1.29, 1.82) is 0 Å². The Balaban J connectivity index is 3.87. The summed E-state index contributed by atoms with van der Waals surface area (Å²) in [6.07, 6.45) is -11.6. The predicted octanol–water partition coefficient (Wildman–Crippen LogP) is 3.16. The Bertz CT molecular complexity index is 954. The highest BCUT2D eigenvalue weighted by Gasteiger charge is 2.65. The number of ether oxygens (including phenoxy) is 3. The molecule has 15 heteroatoms. The maximum atomic E-state index is 14.3. The molecule has 0 bridgehead atoms. The maximum Gasteiger partial charge on any atom is 0.441 e.